The number of thiazole rings is 1. The number of amides is 1. The van der Waals surface area contributed by atoms with E-state index in [9.17, 15) is 4.79 Å². The van der Waals surface area contributed by atoms with Crippen molar-refractivity contribution in [3.8, 4) is 0 Å². The zero-order chi connectivity index (χ0) is 16.2. The molecule has 0 unspecified atom stereocenters. The molecule has 118 valence electrons. The van der Waals surface area contributed by atoms with E-state index in [4.69, 9.17) is 0 Å². The molecule has 3 rings (SSSR count). The lowest BCUT2D eigenvalue weighted by Crippen LogP contribution is -2.30. The fourth-order valence-electron chi connectivity index (χ4n) is 2.40. The van der Waals surface area contributed by atoms with Crippen LogP contribution in [0.3, 0.4) is 0 Å². The Hall–Kier alpha value is -2.27. The molecule has 0 saturated heterocycles. The molecule has 0 aliphatic carbocycles. The zero-order valence-electron chi connectivity index (χ0n) is 13.3. The van der Waals surface area contributed by atoms with E-state index in [2.05, 4.69) is 23.0 Å². The first-order chi connectivity index (χ1) is 11.2. The van der Waals surface area contributed by atoms with Crippen LogP contribution in [0, 0.1) is 6.92 Å². The smallest absolute Gasteiger partial charge is 0.229 e. The van der Waals surface area contributed by atoms with E-state index in [-0.39, 0.29) is 5.91 Å². The highest BCUT2D eigenvalue weighted by molar-refractivity contribution is 7.22. The highest BCUT2D eigenvalue weighted by atomic mass is 32.1. The van der Waals surface area contributed by atoms with Crippen LogP contribution in [-0.2, 0) is 11.3 Å². The number of aromatic nitrogens is 2. The Morgan fingerprint density at radius 2 is 2.13 bits per heavy atom. The minimum absolute atomic E-state index is 0.0916. The molecule has 0 atom stereocenters. The molecule has 0 N–H and O–H groups in total. The van der Waals surface area contributed by atoms with Crippen molar-refractivity contribution in [3.63, 3.8) is 0 Å². The molecule has 2 heterocycles. The number of aryl methyl sites for hydroxylation is 1. The van der Waals surface area contributed by atoms with E-state index in [1.807, 2.05) is 37.3 Å². The predicted molar refractivity (Wildman–Crippen MR) is 94.7 cm³/mol. The van der Waals surface area contributed by atoms with Gasteiger partial charge in [0.25, 0.3) is 0 Å². The lowest BCUT2D eigenvalue weighted by molar-refractivity contribution is -0.118. The van der Waals surface area contributed by atoms with Gasteiger partial charge in [0.15, 0.2) is 5.13 Å². The minimum atomic E-state index is 0.0916. The fraction of sp³-hybridized carbons (Fsp3) is 0.278. The Kier molecular flexibility index (Phi) is 4.67. The van der Waals surface area contributed by atoms with E-state index in [1.54, 1.807) is 22.4 Å². The van der Waals surface area contributed by atoms with Gasteiger partial charge in [0.2, 0.25) is 5.91 Å². The average molecular weight is 325 g/mol. The number of rotatable bonds is 5. The van der Waals surface area contributed by atoms with Crippen molar-refractivity contribution in [1.29, 1.82) is 0 Å². The van der Waals surface area contributed by atoms with E-state index < -0.39 is 0 Å². The van der Waals surface area contributed by atoms with Crippen LogP contribution in [-0.4, -0.2) is 15.9 Å². The largest absolute Gasteiger partial charge is 0.282 e. The van der Waals surface area contributed by atoms with Crippen molar-refractivity contribution in [2.75, 3.05) is 4.90 Å². The van der Waals surface area contributed by atoms with Crippen molar-refractivity contribution >= 4 is 32.6 Å². The van der Waals surface area contributed by atoms with Gasteiger partial charge in [0.05, 0.1) is 22.5 Å². The van der Waals surface area contributed by atoms with Crippen LogP contribution in [0.25, 0.3) is 10.2 Å². The Labute approximate surface area is 139 Å². The van der Waals surface area contributed by atoms with Gasteiger partial charge in [0, 0.05) is 12.6 Å². The van der Waals surface area contributed by atoms with Gasteiger partial charge in [-0.1, -0.05) is 30.4 Å². The van der Waals surface area contributed by atoms with Gasteiger partial charge < -0.3 is 0 Å². The average Bonchev–Trinajstić information content (AvgIpc) is 2.96. The molecule has 0 radical (unpaired) electrons. The number of benzene rings is 1. The molecule has 0 spiro atoms. The van der Waals surface area contributed by atoms with E-state index in [0.29, 0.717) is 13.0 Å². The molecule has 1 aromatic carbocycles. The third kappa shape index (κ3) is 3.56. The lowest BCUT2D eigenvalue weighted by atomic mass is 10.2. The first-order valence-electron chi connectivity index (χ1n) is 7.75. The van der Waals surface area contributed by atoms with Crippen LogP contribution < -0.4 is 4.90 Å². The second-order valence-corrected chi connectivity index (χ2v) is 6.53. The van der Waals surface area contributed by atoms with Crippen LogP contribution in [0.4, 0.5) is 5.13 Å². The summed E-state index contributed by atoms with van der Waals surface area (Å²) in [6.45, 7) is 4.53. The second-order valence-electron chi connectivity index (χ2n) is 5.52. The molecule has 2 aromatic heterocycles. The number of carbonyl (C=O) groups excluding carboxylic acids is 1. The molecule has 0 fully saturated rings. The zero-order valence-corrected chi connectivity index (χ0v) is 14.1. The van der Waals surface area contributed by atoms with Crippen LogP contribution in [0.2, 0.25) is 0 Å². The highest BCUT2D eigenvalue weighted by Crippen LogP contribution is 2.30. The summed E-state index contributed by atoms with van der Waals surface area (Å²) in [5, 5.41) is 0.745. The maximum Gasteiger partial charge on any atom is 0.229 e. The summed E-state index contributed by atoms with van der Waals surface area (Å²) in [6.07, 6.45) is 3.09. The monoisotopic (exact) mass is 325 g/mol. The van der Waals surface area contributed by atoms with Crippen molar-refractivity contribution in [1.82, 2.24) is 9.97 Å². The Morgan fingerprint density at radius 1 is 1.26 bits per heavy atom. The number of pyridine rings is 1. The summed E-state index contributed by atoms with van der Waals surface area (Å²) in [5.41, 5.74) is 3.00. The predicted octanol–water partition coefficient (Wildman–Crippen LogP) is 4.33. The van der Waals surface area contributed by atoms with Gasteiger partial charge in [-0.25, -0.2) is 4.98 Å². The number of fused-ring (bicyclic) bond motifs is 1. The van der Waals surface area contributed by atoms with E-state index in [0.717, 1.165) is 27.5 Å². The third-order valence-corrected chi connectivity index (χ3v) is 4.62. The van der Waals surface area contributed by atoms with Gasteiger partial charge in [-0.2, -0.15) is 0 Å². The van der Waals surface area contributed by atoms with E-state index >= 15 is 0 Å². The number of hydrogen-bond donors (Lipinski definition) is 0. The first-order valence-corrected chi connectivity index (χ1v) is 8.56. The summed E-state index contributed by atoms with van der Waals surface area (Å²) in [5.74, 6) is 0.0916. The molecule has 3 aromatic rings. The summed E-state index contributed by atoms with van der Waals surface area (Å²) >= 11 is 1.56. The van der Waals surface area contributed by atoms with Gasteiger partial charge in [-0.15, -0.1) is 0 Å². The first kappa shape index (κ1) is 15.6. The number of nitrogens with zero attached hydrogens (tertiary/aromatic N) is 3. The number of carbonyl (C=O) groups is 1. The van der Waals surface area contributed by atoms with Crippen molar-refractivity contribution in [2.24, 2.45) is 0 Å². The molecule has 0 aliphatic heterocycles. The lowest BCUT2D eigenvalue weighted by Gasteiger charge is -2.19. The van der Waals surface area contributed by atoms with Gasteiger partial charge in [-0.3, -0.25) is 14.7 Å². The van der Waals surface area contributed by atoms with Gasteiger partial charge >= 0.3 is 0 Å². The molecule has 5 heteroatoms. The van der Waals surface area contributed by atoms with Gasteiger partial charge in [0.1, 0.15) is 0 Å². The van der Waals surface area contributed by atoms with E-state index in [1.165, 1.54) is 5.56 Å². The molecule has 1 amide bonds. The quantitative estimate of drug-likeness (QED) is 0.701. The second kappa shape index (κ2) is 6.87. The standard InChI is InChI=1S/C18H19N3OS/c1-3-6-17(22)21(12-14-7-4-5-10-19-14)18-20-15-9-8-13(2)11-16(15)23-18/h4-5,7-11H,3,6,12H2,1-2H3. The normalized spacial score (nSPS) is 10.9. The minimum Gasteiger partial charge on any atom is -0.282 e. The summed E-state index contributed by atoms with van der Waals surface area (Å²) < 4.78 is 1.11. The SMILES string of the molecule is CCCC(=O)N(Cc1ccccn1)c1nc2ccc(C)cc2s1. The number of hydrogen-bond acceptors (Lipinski definition) is 4. The van der Waals surface area contributed by atoms with Crippen LogP contribution in [0.5, 0.6) is 0 Å². The van der Waals surface area contributed by atoms with Crippen LogP contribution in [0.1, 0.15) is 31.0 Å². The Morgan fingerprint density at radius 3 is 2.87 bits per heavy atom. The molecule has 4 nitrogen and oxygen atoms in total. The maximum absolute atomic E-state index is 12.6. The van der Waals surface area contributed by atoms with Crippen LogP contribution in [0.15, 0.2) is 42.6 Å². The molecule has 0 aliphatic rings. The van der Waals surface area contributed by atoms with Crippen molar-refractivity contribution < 1.29 is 4.79 Å². The van der Waals surface area contributed by atoms with Crippen molar-refractivity contribution in [2.45, 2.75) is 33.2 Å². The highest BCUT2D eigenvalue weighted by Gasteiger charge is 2.19. The van der Waals surface area contributed by atoms with Crippen LogP contribution >= 0.6 is 11.3 Å². The topological polar surface area (TPSA) is 46.1 Å². The summed E-state index contributed by atoms with van der Waals surface area (Å²) in [7, 11) is 0. The fourth-order valence-corrected chi connectivity index (χ4v) is 3.48. The number of anilines is 1. The molecule has 0 saturated carbocycles. The third-order valence-electron chi connectivity index (χ3n) is 3.57. The molecule has 23 heavy (non-hydrogen) atoms. The Balaban J connectivity index is 1.97. The molecule has 0 bridgehead atoms. The Bertz CT molecular complexity index is 814. The van der Waals surface area contributed by atoms with Crippen molar-refractivity contribution in [3.05, 3.63) is 53.9 Å². The summed E-state index contributed by atoms with van der Waals surface area (Å²) in [6, 6.07) is 11.9. The molecular weight excluding hydrogens is 306 g/mol. The summed E-state index contributed by atoms with van der Waals surface area (Å²) in [4.78, 5) is 23.3. The maximum atomic E-state index is 12.6. The van der Waals surface area contributed by atoms with Gasteiger partial charge in [-0.05, 0) is 43.2 Å². The molecular formula is C18H19N3OS.